The number of nitrogens with zero attached hydrogens (tertiary/aromatic N) is 1. The van der Waals surface area contributed by atoms with Gasteiger partial charge in [-0.2, -0.15) is 0 Å². The van der Waals surface area contributed by atoms with Gasteiger partial charge in [-0.05, 0) is 24.7 Å². The van der Waals surface area contributed by atoms with E-state index in [-0.39, 0.29) is 30.2 Å². The first-order valence-corrected chi connectivity index (χ1v) is 7.04. The second kappa shape index (κ2) is 4.92. The number of hydrogen-bond acceptors (Lipinski definition) is 3. The maximum absolute atomic E-state index is 12.7. The second-order valence-corrected chi connectivity index (χ2v) is 5.80. The molecule has 0 radical (unpaired) electrons. The highest BCUT2D eigenvalue weighted by Gasteiger charge is 2.52. The zero-order valence-electron chi connectivity index (χ0n) is 11.1. The summed E-state index contributed by atoms with van der Waals surface area (Å²) >= 11 is 0. The first-order valence-electron chi connectivity index (χ1n) is 7.04. The van der Waals surface area contributed by atoms with E-state index in [1.165, 1.54) is 4.90 Å². The zero-order chi connectivity index (χ0) is 14.3. The van der Waals surface area contributed by atoms with Gasteiger partial charge in [0.25, 0.3) is 0 Å². The number of nitrogens with one attached hydrogen (secondary N) is 1. The minimum atomic E-state index is -0.903. The number of carboxylic acid groups (broad SMARTS) is 1. The molecular formula is C14H18N2O4. The van der Waals surface area contributed by atoms with Crippen molar-refractivity contribution in [3.63, 3.8) is 0 Å². The Bertz CT molecular complexity index is 488. The lowest BCUT2D eigenvalue weighted by Gasteiger charge is -2.29. The molecule has 0 spiro atoms. The molecule has 2 amide bonds. The van der Waals surface area contributed by atoms with Crippen molar-refractivity contribution >= 4 is 17.8 Å². The van der Waals surface area contributed by atoms with Gasteiger partial charge in [-0.25, -0.2) is 0 Å². The van der Waals surface area contributed by atoms with Crippen LogP contribution in [-0.4, -0.2) is 47.4 Å². The van der Waals surface area contributed by atoms with Gasteiger partial charge in [0.1, 0.15) is 0 Å². The third-order valence-corrected chi connectivity index (χ3v) is 4.60. The number of allylic oxidation sites excluding steroid dienone is 2. The van der Waals surface area contributed by atoms with Gasteiger partial charge in [-0.15, -0.1) is 0 Å². The lowest BCUT2D eigenvalue weighted by molar-refractivity contribution is -0.151. The summed E-state index contributed by atoms with van der Waals surface area (Å²) in [6, 6.07) is 0. The van der Waals surface area contributed by atoms with E-state index in [9.17, 15) is 19.5 Å². The third kappa shape index (κ3) is 2.09. The minimum absolute atomic E-state index is 0.0138. The summed E-state index contributed by atoms with van der Waals surface area (Å²) in [5, 5.41) is 12.1. The largest absolute Gasteiger partial charge is 0.481 e. The maximum atomic E-state index is 12.7. The summed E-state index contributed by atoms with van der Waals surface area (Å²) in [5.74, 6) is -2.41. The molecule has 4 unspecified atom stereocenters. The standard InChI is InChI=1S/C14H18N2O4/c17-10-7-16(5-1-4-15-10)13(18)11-8-2-3-9(6-8)12(11)14(19)20/h2-3,8-9,11-12H,1,4-7H2,(H,15,17)(H,19,20). The van der Waals surface area contributed by atoms with Crippen LogP contribution in [0.1, 0.15) is 12.8 Å². The molecule has 0 aromatic carbocycles. The minimum Gasteiger partial charge on any atom is -0.481 e. The van der Waals surface area contributed by atoms with Crippen LogP contribution in [0.3, 0.4) is 0 Å². The van der Waals surface area contributed by atoms with Crippen LogP contribution in [0.4, 0.5) is 0 Å². The van der Waals surface area contributed by atoms with E-state index >= 15 is 0 Å². The van der Waals surface area contributed by atoms with Crippen LogP contribution in [-0.2, 0) is 14.4 Å². The molecule has 0 aromatic rings. The zero-order valence-corrected chi connectivity index (χ0v) is 11.1. The summed E-state index contributed by atoms with van der Waals surface area (Å²) in [5.41, 5.74) is 0. The van der Waals surface area contributed by atoms with E-state index < -0.39 is 17.8 Å². The molecule has 1 aliphatic heterocycles. The number of fused-ring (bicyclic) bond motifs is 2. The number of aliphatic carboxylic acids is 1. The molecule has 0 aromatic heterocycles. The smallest absolute Gasteiger partial charge is 0.307 e. The van der Waals surface area contributed by atoms with Crippen molar-refractivity contribution in [1.29, 1.82) is 0 Å². The molecule has 1 heterocycles. The van der Waals surface area contributed by atoms with Crippen LogP contribution >= 0.6 is 0 Å². The van der Waals surface area contributed by atoms with E-state index in [0.717, 1.165) is 6.42 Å². The Morgan fingerprint density at radius 1 is 1.25 bits per heavy atom. The Balaban J connectivity index is 1.80. The first kappa shape index (κ1) is 13.1. The van der Waals surface area contributed by atoms with E-state index in [1.807, 2.05) is 12.2 Å². The molecule has 2 bridgehead atoms. The highest BCUT2D eigenvalue weighted by atomic mass is 16.4. The lowest BCUT2D eigenvalue weighted by Crippen LogP contribution is -2.45. The van der Waals surface area contributed by atoms with Gasteiger partial charge in [0, 0.05) is 13.1 Å². The molecule has 108 valence electrons. The molecule has 4 atom stereocenters. The van der Waals surface area contributed by atoms with Crippen molar-refractivity contribution < 1.29 is 19.5 Å². The first-order chi connectivity index (χ1) is 9.58. The molecule has 2 aliphatic carbocycles. The Hall–Kier alpha value is -1.85. The average molecular weight is 278 g/mol. The maximum Gasteiger partial charge on any atom is 0.307 e. The van der Waals surface area contributed by atoms with Crippen molar-refractivity contribution in [3.05, 3.63) is 12.2 Å². The summed E-state index contributed by atoms with van der Waals surface area (Å²) < 4.78 is 0. The van der Waals surface area contributed by atoms with Crippen molar-refractivity contribution in [3.8, 4) is 0 Å². The fourth-order valence-corrected chi connectivity index (χ4v) is 3.70. The molecular weight excluding hydrogens is 260 g/mol. The monoisotopic (exact) mass is 278 g/mol. The molecule has 20 heavy (non-hydrogen) atoms. The predicted molar refractivity (Wildman–Crippen MR) is 69.6 cm³/mol. The van der Waals surface area contributed by atoms with Gasteiger partial charge < -0.3 is 15.3 Å². The Morgan fingerprint density at radius 3 is 2.65 bits per heavy atom. The summed E-state index contributed by atoms with van der Waals surface area (Å²) in [6.45, 7) is 1.13. The van der Waals surface area contributed by atoms with E-state index in [0.29, 0.717) is 19.5 Å². The molecule has 3 rings (SSSR count). The van der Waals surface area contributed by atoms with Gasteiger partial charge in [-0.1, -0.05) is 12.2 Å². The molecule has 2 N–H and O–H groups in total. The molecule has 6 nitrogen and oxygen atoms in total. The quantitative estimate of drug-likeness (QED) is 0.688. The fraction of sp³-hybridized carbons (Fsp3) is 0.643. The number of rotatable bonds is 2. The highest BCUT2D eigenvalue weighted by Crippen LogP contribution is 2.48. The Kier molecular flexibility index (Phi) is 3.23. The van der Waals surface area contributed by atoms with Crippen molar-refractivity contribution in [2.45, 2.75) is 12.8 Å². The average Bonchev–Trinajstić information content (AvgIpc) is 2.95. The van der Waals surface area contributed by atoms with Gasteiger partial charge in [-0.3, -0.25) is 14.4 Å². The van der Waals surface area contributed by atoms with Crippen LogP contribution in [0.15, 0.2) is 12.2 Å². The fourth-order valence-electron chi connectivity index (χ4n) is 3.70. The predicted octanol–water partition coefficient (Wildman–Crippen LogP) is -0.142. The van der Waals surface area contributed by atoms with Crippen LogP contribution < -0.4 is 5.32 Å². The van der Waals surface area contributed by atoms with Crippen LogP contribution in [0.5, 0.6) is 0 Å². The summed E-state index contributed by atoms with van der Waals surface area (Å²) in [7, 11) is 0. The second-order valence-electron chi connectivity index (χ2n) is 5.80. The molecule has 1 saturated carbocycles. The van der Waals surface area contributed by atoms with Crippen molar-refractivity contribution in [1.82, 2.24) is 10.2 Å². The van der Waals surface area contributed by atoms with Crippen molar-refractivity contribution in [2.24, 2.45) is 23.7 Å². The van der Waals surface area contributed by atoms with Gasteiger partial charge in [0.15, 0.2) is 0 Å². The third-order valence-electron chi connectivity index (χ3n) is 4.60. The van der Waals surface area contributed by atoms with E-state index in [4.69, 9.17) is 0 Å². The number of carbonyl (C=O) groups is 3. The topological polar surface area (TPSA) is 86.7 Å². The normalized spacial score (nSPS) is 35.8. The summed E-state index contributed by atoms with van der Waals surface area (Å²) in [6.07, 6.45) is 5.34. The number of carboxylic acids is 1. The van der Waals surface area contributed by atoms with Gasteiger partial charge >= 0.3 is 5.97 Å². The number of carbonyl (C=O) groups excluding carboxylic acids is 2. The SMILES string of the molecule is O=C1CN(C(=O)C2C3C=CC(C3)C2C(=O)O)CCCN1. The number of hydrogen-bond donors (Lipinski definition) is 2. The van der Waals surface area contributed by atoms with Crippen LogP contribution in [0.25, 0.3) is 0 Å². The Morgan fingerprint density at radius 2 is 1.95 bits per heavy atom. The number of amides is 2. The van der Waals surface area contributed by atoms with Gasteiger partial charge in [0.2, 0.25) is 11.8 Å². The molecule has 1 saturated heterocycles. The lowest BCUT2D eigenvalue weighted by atomic mass is 9.82. The highest BCUT2D eigenvalue weighted by molar-refractivity contribution is 5.90. The molecule has 6 heteroatoms. The van der Waals surface area contributed by atoms with Crippen molar-refractivity contribution in [2.75, 3.05) is 19.6 Å². The molecule has 2 fully saturated rings. The van der Waals surface area contributed by atoms with E-state index in [1.54, 1.807) is 0 Å². The molecule has 3 aliphatic rings. The van der Waals surface area contributed by atoms with Crippen LogP contribution in [0.2, 0.25) is 0 Å². The summed E-state index contributed by atoms with van der Waals surface area (Å²) in [4.78, 5) is 37.2. The van der Waals surface area contributed by atoms with Crippen LogP contribution in [0, 0.1) is 23.7 Å². The van der Waals surface area contributed by atoms with E-state index in [2.05, 4.69) is 5.32 Å². The Labute approximate surface area is 116 Å². The van der Waals surface area contributed by atoms with Gasteiger partial charge in [0.05, 0.1) is 18.4 Å².